The fourth-order valence-electron chi connectivity index (χ4n) is 2.45. The van der Waals surface area contributed by atoms with Crippen molar-refractivity contribution in [2.24, 2.45) is 0 Å². The van der Waals surface area contributed by atoms with Gasteiger partial charge in [0.25, 0.3) is 5.91 Å². The van der Waals surface area contributed by atoms with Crippen LogP contribution in [0, 0.1) is 0 Å². The number of rotatable bonds is 4. The zero-order valence-electron chi connectivity index (χ0n) is 12.8. The van der Waals surface area contributed by atoms with Gasteiger partial charge in [0.05, 0.1) is 5.76 Å². The third kappa shape index (κ3) is 4.13. The molecule has 4 nitrogen and oxygen atoms in total. The van der Waals surface area contributed by atoms with Crippen LogP contribution in [0.2, 0.25) is 0 Å². The second-order valence-corrected chi connectivity index (χ2v) is 5.53. The zero-order valence-corrected chi connectivity index (χ0v) is 12.8. The van der Waals surface area contributed by atoms with Crippen molar-refractivity contribution in [2.45, 2.75) is 25.7 Å². The van der Waals surface area contributed by atoms with E-state index in [2.05, 4.69) is 11.4 Å². The van der Waals surface area contributed by atoms with Crippen LogP contribution in [0.5, 0.6) is 5.75 Å². The first-order chi connectivity index (χ1) is 11.2. The van der Waals surface area contributed by atoms with Gasteiger partial charge in [-0.2, -0.15) is 0 Å². The van der Waals surface area contributed by atoms with Gasteiger partial charge in [-0.05, 0) is 49.3 Å². The second-order valence-electron chi connectivity index (χ2n) is 5.53. The van der Waals surface area contributed by atoms with Gasteiger partial charge in [-0.15, -0.1) is 0 Å². The van der Waals surface area contributed by atoms with Crippen LogP contribution in [0.4, 0.5) is 5.69 Å². The van der Waals surface area contributed by atoms with Gasteiger partial charge in [0, 0.05) is 24.1 Å². The molecule has 0 aromatic heterocycles. The summed E-state index contributed by atoms with van der Waals surface area (Å²) in [5.74, 6) is 1.85. The molecule has 3 rings (SSSR count). The van der Waals surface area contributed by atoms with Crippen molar-refractivity contribution >= 4 is 11.6 Å². The Morgan fingerprint density at radius 3 is 2.52 bits per heavy atom. The Kier molecular flexibility index (Phi) is 4.62. The normalized spacial score (nSPS) is 17.0. The summed E-state index contributed by atoms with van der Waals surface area (Å²) in [6.45, 7) is 0. The highest BCUT2D eigenvalue weighted by molar-refractivity contribution is 6.04. The molecule has 2 aliphatic rings. The third-order valence-corrected chi connectivity index (χ3v) is 3.76. The molecular formula is C19H19NO3. The lowest BCUT2D eigenvalue weighted by atomic mass is 10.0. The average molecular weight is 309 g/mol. The number of carbonyl (C=O) groups excluding carboxylic acids is 1. The van der Waals surface area contributed by atoms with Gasteiger partial charge in [0.15, 0.2) is 0 Å². The van der Waals surface area contributed by atoms with Crippen molar-refractivity contribution in [1.82, 2.24) is 0 Å². The fourth-order valence-corrected chi connectivity index (χ4v) is 2.45. The number of aliphatic hydroxyl groups is 1. The second kappa shape index (κ2) is 7.01. The molecule has 0 unspecified atom stereocenters. The molecule has 2 aliphatic carbocycles. The number of ether oxygens (including phenoxy) is 1. The molecule has 0 saturated heterocycles. The summed E-state index contributed by atoms with van der Waals surface area (Å²) in [5.41, 5.74) is 1.54. The van der Waals surface area contributed by atoms with E-state index < -0.39 is 0 Å². The molecular weight excluding hydrogens is 290 g/mol. The van der Waals surface area contributed by atoms with Crippen LogP contribution in [-0.2, 0) is 4.79 Å². The van der Waals surface area contributed by atoms with E-state index in [4.69, 9.17) is 4.74 Å². The maximum Gasteiger partial charge on any atom is 0.251 e. The standard InChI is InChI=1S/C19H19NO3/c21-16-8-12-18(13-9-16)23-17-10-6-15(7-11-17)20-19(22)14-4-2-1-3-5-14/h1-2,4,6-8,10-12,21H,3,5,9,13H2,(H,20,22). The lowest BCUT2D eigenvalue weighted by Gasteiger charge is -2.14. The Morgan fingerprint density at radius 1 is 1.04 bits per heavy atom. The van der Waals surface area contributed by atoms with Gasteiger partial charge in [-0.1, -0.05) is 18.2 Å². The highest BCUT2D eigenvalue weighted by Gasteiger charge is 2.11. The molecule has 1 amide bonds. The SMILES string of the molecule is O=C(Nc1ccc(OC2=CC=C(O)CC2)cc1)C1=CC=CCC1. The minimum Gasteiger partial charge on any atom is -0.512 e. The number of hydrogen-bond acceptors (Lipinski definition) is 3. The minimum absolute atomic E-state index is 0.0568. The van der Waals surface area contributed by atoms with Gasteiger partial charge in [-0.25, -0.2) is 0 Å². The predicted octanol–water partition coefficient (Wildman–Crippen LogP) is 4.40. The van der Waals surface area contributed by atoms with Gasteiger partial charge in [0.2, 0.25) is 0 Å². The molecule has 0 fully saturated rings. The summed E-state index contributed by atoms with van der Waals surface area (Å²) >= 11 is 0. The Hall–Kier alpha value is -2.75. The van der Waals surface area contributed by atoms with Crippen LogP contribution in [0.25, 0.3) is 0 Å². The van der Waals surface area contributed by atoms with E-state index in [0.717, 1.165) is 29.9 Å². The lowest BCUT2D eigenvalue weighted by molar-refractivity contribution is -0.113. The van der Waals surface area contributed by atoms with Crippen LogP contribution in [-0.4, -0.2) is 11.0 Å². The molecule has 0 saturated carbocycles. The first-order valence-corrected chi connectivity index (χ1v) is 7.74. The smallest absolute Gasteiger partial charge is 0.251 e. The summed E-state index contributed by atoms with van der Waals surface area (Å²) in [6.07, 6.45) is 12.2. The van der Waals surface area contributed by atoms with E-state index >= 15 is 0 Å². The number of anilines is 1. The molecule has 0 bridgehead atoms. The van der Waals surface area contributed by atoms with Gasteiger partial charge in [-0.3, -0.25) is 4.79 Å². The Bertz CT molecular complexity index is 709. The highest BCUT2D eigenvalue weighted by atomic mass is 16.5. The largest absolute Gasteiger partial charge is 0.512 e. The Morgan fingerprint density at radius 2 is 1.87 bits per heavy atom. The molecule has 23 heavy (non-hydrogen) atoms. The number of allylic oxidation sites excluding steroid dienone is 7. The fraction of sp³-hybridized carbons (Fsp3) is 0.211. The first kappa shape index (κ1) is 15.2. The molecule has 0 atom stereocenters. The third-order valence-electron chi connectivity index (χ3n) is 3.76. The number of nitrogens with one attached hydrogen (secondary N) is 1. The summed E-state index contributed by atoms with van der Waals surface area (Å²) < 4.78 is 5.75. The first-order valence-electron chi connectivity index (χ1n) is 7.74. The van der Waals surface area contributed by atoms with Crippen LogP contribution in [0.15, 0.2) is 71.7 Å². The summed E-state index contributed by atoms with van der Waals surface area (Å²) in [6, 6.07) is 7.29. The topological polar surface area (TPSA) is 58.6 Å². The van der Waals surface area contributed by atoms with E-state index in [1.54, 1.807) is 12.2 Å². The van der Waals surface area contributed by atoms with Crippen molar-refractivity contribution < 1.29 is 14.6 Å². The predicted molar refractivity (Wildman–Crippen MR) is 90.2 cm³/mol. The van der Waals surface area contributed by atoms with Crippen molar-refractivity contribution in [1.29, 1.82) is 0 Å². The van der Waals surface area contributed by atoms with Crippen LogP contribution in [0.1, 0.15) is 25.7 Å². The van der Waals surface area contributed by atoms with Gasteiger partial charge < -0.3 is 15.2 Å². The molecule has 0 radical (unpaired) electrons. The quantitative estimate of drug-likeness (QED) is 0.866. The molecule has 0 spiro atoms. The van der Waals surface area contributed by atoms with Crippen LogP contribution in [0.3, 0.4) is 0 Å². The number of hydrogen-bond donors (Lipinski definition) is 2. The van der Waals surface area contributed by atoms with Crippen molar-refractivity contribution in [3.63, 3.8) is 0 Å². The molecule has 1 aromatic rings. The maximum absolute atomic E-state index is 12.1. The summed E-state index contributed by atoms with van der Waals surface area (Å²) in [5, 5.41) is 12.2. The number of benzene rings is 1. The van der Waals surface area contributed by atoms with Crippen molar-refractivity contribution in [3.8, 4) is 5.75 Å². The molecule has 118 valence electrons. The molecule has 1 aromatic carbocycles. The molecule has 0 heterocycles. The van der Waals surface area contributed by atoms with Gasteiger partial charge >= 0.3 is 0 Å². The number of aliphatic hydroxyl groups excluding tert-OH is 1. The van der Waals surface area contributed by atoms with E-state index in [1.165, 1.54) is 0 Å². The number of amides is 1. The van der Waals surface area contributed by atoms with E-state index in [0.29, 0.717) is 24.4 Å². The monoisotopic (exact) mass is 309 g/mol. The zero-order chi connectivity index (χ0) is 16.1. The summed E-state index contributed by atoms with van der Waals surface area (Å²) in [4.78, 5) is 12.1. The van der Waals surface area contributed by atoms with E-state index in [-0.39, 0.29) is 5.91 Å². The highest BCUT2D eigenvalue weighted by Crippen LogP contribution is 2.23. The van der Waals surface area contributed by atoms with Gasteiger partial charge in [0.1, 0.15) is 11.5 Å². The van der Waals surface area contributed by atoms with Crippen LogP contribution >= 0.6 is 0 Å². The van der Waals surface area contributed by atoms with Crippen molar-refractivity contribution in [3.05, 3.63) is 71.7 Å². The number of carbonyl (C=O) groups is 1. The average Bonchev–Trinajstić information content (AvgIpc) is 2.59. The molecule has 4 heteroatoms. The van der Waals surface area contributed by atoms with Crippen molar-refractivity contribution in [2.75, 3.05) is 5.32 Å². The summed E-state index contributed by atoms with van der Waals surface area (Å²) in [7, 11) is 0. The lowest BCUT2D eigenvalue weighted by Crippen LogP contribution is -2.15. The van der Waals surface area contributed by atoms with Crippen LogP contribution < -0.4 is 10.1 Å². The molecule has 0 aliphatic heterocycles. The van der Waals surface area contributed by atoms with E-state index in [1.807, 2.05) is 36.4 Å². The Labute approximate surface area is 135 Å². The molecule has 2 N–H and O–H groups in total. The maximum atomic E-state index is 12.1. The Balaban J connectivity index is 1.60. The minimum atomic E-state index is -0.0568. The van der Waals surface area contributed by atoms with E-state index in [9.17, 15) is 9.90 Å².